The van der Waals surface area contributed by atoms with E-state index < -0.39 is 0 Å². The Bertz CT molecular complexity index is 604. The Morgan fingerprint density at radius 1 is 1.32 bits per heavy atom. The zero-order valence-electron chi connectivity index (χ0n) is 10.6. The van der Waals surface area contributed by atoms with Gasteiger partial charge in [-0.15, -0.1) is 0 Å². The Balaban J connectivity index is 1.61. The van der Waals surface area contributed by atoms with Gasteiger partial charge in [-0.25, -0.2) is 0 Å². The van der Waals surface area contributed by atoms with Crippen LogP contribution in [0.4, 0.5) is 5.82 Å². The number of nitrogens with one attached hydrogen (secondary N) is 1. The number of rotatable bonds is 2. The second kappa shape index (κ2) is 4.39. The van der Waals surface area contributed by atoms with Crippen molar-refractivity contribution in [3.63, 3.8) is 0 Å². The van der Waals surface area contributed by atoms with Crippen LogP contribution in [0.25, 0.3) is 11.0 Å². The minimum atomic E-state index is 0.492. The molecule has 2 bridgehead atoms. The lowest BCUT2D eigenvalue weighted by molar-refractivity contribution is 0.0973. The molecular formula is C14H16ClN3O. The van der Waals surface area contributed by atoms with E-state index in [1.165, 1.54) is 25.9 Å². The van der Waals surface area contributed by atoms with Gasteiger partial charge in [0.15, 0.2) is 11.4 Å². The van der Waals surface area contributed by atoms with Crippen molar-refractivity contribution in [2.45, 2.75) is 18.9 Å². The lowest BCUT2D eigenvalue weighted by atomic mass is 9.84. The molecule has 4 nitrogen and oxygen atoms in total. The minimum Gasteiger partial charge on any atom is -0.362 e. The maximum atomic E-state index is 5.96. The Hall–Kier alpha value is -1.26. The highest BCUT2D eigenvalue weighted by molar-refractivity contribution is 6.31. The zero-order valence-corrected chi connectivity index (χ0v) is 11.4. The van der Waals surface area contributed by atoms with Crippen molar-refractivity contribution in [2.75, 3.05) is 25.0 Å². The fourth-order valence-electron chi connectivity index (χ4n) is 3.32. The van der Waals surface area contributed by atoms with Crippen molar-refractivity contribution in [1.29, 1.82) is 0 Å². The number of nitrogens with zero attached hydrogens (tertiary/aromatic N) is 2. The predicted octanol–water partition coefficient (Wildman–Crippen LogP) is 2.99. The first-order chi connectivity index (χ1) is 9.29. The summed E-state index contributed by atoms with van der Waals surface area (Å²) >= 11 is 5.96. The van der Waals surface area contributed by atoms with Gasteiger partial charge >= 0.3 is 0 Å². The first kappa shape index (κ1) is 11.6. The lowest BCUT2D eigenvalue weighted by Crippen LogP contribution is -2.53. The SMILES string of the molecule is Clc1ccc2c(NC3CN4CCC3CC4)noc2c1. The van der Waals surface area contributed by atoms with E-state index in [0.29, 0.717) is 11.1 Å². The molecular weight excluding hydrogens is 262 g/mol. The summed E-state index contributed by atoms with van der Waals surface area (Å²) in [4.78, 5) is 2.52. The smallest absolute Gasteiger partial charge is 0.177 e. The zero-order chi connectivity index (χ0) is 12.8. The van der Waals surface area contributed by atoms with Gasteiger partial charge in [0.1, 0.15) is 0 Å². The molecule has 19 heavy (non-hydrogen) atoms. The van der Waals surface area contributed by atoms with Gasteiger partial charge in [0, 0.05) is 23.7 Å². The molecule has 1 aromatic heterocycles. The van der Waals surface area contributed by atoms with Crippen molar-refractivity contribution in [1.82, 2.24) is 10.1 Å². The molecule has 1 N–H and O–H groups in total. The van der Waals surface area contributed by atoms with E-state index in [1.807, 2.05) is 18.2 Å². The number of fused-ring (bicyclic) bond motifs is 4. The highest BCUT2D eigenvalue weighted by Crippen LogP contribution is 2.32. The standard InChI is InChI=1S/C14H16ClN3O/c15-10-1-2-11-13(7-10)19-17-14(11)16-12-8-18-5-3-9(12)4-6-18/h1-2,7,9,12H,3-6,8H2,(H,16,17). The summed E-state index contributed by atoms with van der Waals surface area (Å²) in [5, 5.41) is 9.41. The average molecular weight is 278 g/mol. The highest BCUT2D eigenvalue weighted by Gasteiger charge is 2.34. The van der Waals surface area contributed by atoms with Gasteiger partial charge in [0.05, 0.1) is 5.39 Å². The molecule has 1 atom stereocenters. The molecule has 3 fully saturated rings. The topological polar surface area (TPSA) is 41.3 Å². The fourth-order valence-corrected chi connectivity index (χ4v) is 3.48. The number of aromatic nitrogens is 1. The monoisotopic (exact) mass is 277 g/mol. The summed E-state index contributed by atoms with van der Waals surface area (Å²) in [7, 11) is 0. The van der Waals surface area contributed by atoms with Crippen molar-refractivity contribution >= 4 is 28.4 Å². The van der Waals surface area contributed by atoms with Crippen molar-refractivity contribution in [2.24, 2.45) is 5.92 Å². The Morgan fingerprint density at radius 3 is 2.89 bits per heavy atom. The van der Waals surface area contributed by atoms with Gasteiger partial charge in [0.2, 0.25) is 0 Å². The number of hydrogen-bond acceptors (Lipinski definition) is 4. The largest absolute Gasteiger partial charge is 0.362 e. The maximum absolute atomic E-state index is 5.96. The van der Waals surface area contributed by atoms with E-state index in [2.05, 4.69) is 15.4 Å². The first-order valence-corrected chi connectivity index (χ1v) is 7.21. The van der Waals surface area contributed by atoms with Crippen LogP contribution in [-0.2, 0) is 0 Å². The highest BCUT2D eigenvalue weighted by atomic mass is 35.5. The van der Waals surface area contributed by atoms with Gasteiger partial charge < -0.3 is 14.7 Å². The average Bonchev–Trinajstić information content (AvgIpc) is 2.82. The van der Waals surface area contributed by atoms with Crippen molar-refractivity contribution in [3.05, 3.63) is 23.2 Å². The number of anilines is 1. The second-order valence-electron chi connectivity index (χ2n) is 5.56. The summed E-state index contributed by atoms with van der Waals surface area (Å²) in [6, 6.07) is 6.15. The first-order valence-electron chi connectivity index (χ1n) is 6.83. The minimum absolute atomic E-state index is 0.492. The van der Waals surface area contributed by atoms with E-state index in [1.54, 1.807) is 0 Å². The third kappa shape index (κ3) is 1.99. The van der Waals surface area contributed by atoms with Crippen LogP contribution in [0.2, 0.25) is 5.02 Å². The predicted molar refractivity (Wildman–Crippen MR) is 75.6 cm³/mol. The van der Waals surface area contributed by atoms with Crippen LogP contribution >= 0.6 is 11.6 Å². The van der Waals surface area contributed by atoms with E-state index >= 15 is 0 Å². The lowest BCUT2D eigenvalue weighted by Gasteiger charge is -2.44. The van der Waals surface area contributed by atoms with Crippen LogP contribution in [0.15, 0.2) is 22.7 Å². The molecule has 0 radical (unpaired) electrons. The molecule has 1 unspecified atom stereocenters. The summed E-state index contributed by atoms with van der Waals surface area (Å²) in [5.74, 6) is 1.62. The second-order valence-corrected chi connectivity index (χ2v) is 6.00. The molecule has 1 aromatic carbocycles. The summed E-state index contributed by atoms with van der Waals surface area (Å²) in [5.41, 5.74) is 0.747. The third-order valence-corrected chi connectivity index (χ3v) is 4.65. The van der Waals surface area contributed by atoms with Gasteiger partial charge in [-0.3, -0.25) is 0 Å². The molecule has 2 aromatic rings. The van der Waals surface area contributed by atoms with Gasteiger partial charge in [-0.1, -0.05) is 16.8 Å². The van der Waals surface area contributed by atoms with Crippen LogP contribution in [0.1, 0.15) is 12.8 Å². The molecule has 5 heteroatoms. The number of halogens is 1. The van der Waals surface area contributed by atoms with E-state index in [9.17, 15) is 0 Å². The van der Waals surface area contributed by atoms with Gasteiger partial charge in [-0.05, 0) is 44.0 Å². The van der Waals surface area contributed by atoms with Gasteiger partial charge in [0.25, 0.3) is 0 Å². The molecule has 3 aliphatic heterocycles. The molecule has 0 spiro atoms. The maximum Gasteiger partial charge on any atom is 0.177 e. The Labute approximate surface area is 116 Å². The summed E-state index contributed by atoms with van der Waals surface area (Å²) < 4.78 is 5.34. The molecule has 5 rings (SSSR count). The number of hydrogen-bond donors (Lipinski definition) is 1. The Morgan fingerprint density at radius 2 is 2.16 bits per heavy atom. The summed E-state index contributed by atoms with van der Waals surface area (Å²) in [6.07, 6.45) is 2.58. The van der Waals surface area contributed by atoms with Crippen molar-refractivity contribution < 1.29 is 4.52 Å². The molecule has 4 heterocycles. The summed E-state index contributed by atoms with van der Waals surface area (Å²) in [6.45, 7) is 3.61. The van der Waals surface area contributed by atoms with Crippen LogP contribution in [0.3, 0.4) is 0 Å². The Kier molecular flexibility index (Phi) is 2.67. The van der Waals surface area contributed by atoms with Gasteiger partial charge in [-0.2, -0.15) is 0 Å². The molecule has 3 saturated heterocycles. The number of piperidine rings is 3. The van der Waals surface area contributed by atoms with Crippen molar-refractivity contribution in [3.8, 4) is 0 Å². The molecule has 100 valence electrons. The van der Waals surface area contributed by atoms with Crippen LogP contribution in [0.5, 0.6) is 0 Å². The molecule has 0 aliphatic carbocycles. The number of benzene rings is 1. The third-order valence-electron chi connectivity index (χ3n) is 4.41. The molecule has 0 saturated carbocycles. The van der Waals surface area contributed by atoms with Crippen LogP contribution < -0.4 is 5.32 Å². The fraction of sp³-hybridized carbons (Fsp3) is 0.500. The normalized spacial score (nSPS) is 29.8. The van der Waals surface area contributed by atoms with E-state index in [0.717, 1.165) is 29.2 Å². The quantitative estimate of drug-likeness (QED) is 0.916. The van der Waals surface area contributed by atoms with Crippen LogP contribution in [0, 0.1) is 5.92 Å². The molecule has 3 aliphatic rings. The van der Waals surface area contributed by atoms with Crippen LogP contribution in [-0.4, -0.2) is 35.7 Å². The van der Waals surface area contributed by atoms with E-state index in [4.69, 9.17) is 16.1 Å². The van der Waals surface area contributed by atoms with E-state index in [-0.39, 0.29) is 0 Å². The molecule has 0 amide bonds.